The average Bonchev–Trinajstić information content (AvgIpc) is 2.50. The van der Waals surface area contributed by atoms with Crippen molar-refractivity contribution in [1.82, 2.24) is 15.3 Å². The zero-order valence-corrected chi connectivity index (χ0v) is 12.8. The normalized spacial score (nSPS) is 10.5. The highest BCUT2D eigenvalue weighted by atomic mass is 35.5. The molecule has 2 N–H and O–H groups in total. The number of nitrogens with zero attached hydrogens (tertiary/aromatic N) is 1. The van der Waals surface area contributed by atoms with Gasteiger partial charge in [0, 0.05) is 36.0 Å². The summed E-state index contributed by atoms with van der Waals surface area (Å²) in [4.78, 5) is 30.5. The minimum atomic E-state index is -0.332. The van der Waals surface area contributed by atoms with Crippen LogP contribution in [0.5, 0.6) is 0 Å². The molecule has 1 heterocycles. The lowest BCUT2D eigenvalue weighted by molar-refractivity contribution is -0.120. The van der Waals surface area contributed by atoms with Crippen LogP contribution in [0.25, 0.3) is 11.4 Å². The Hall–Kier alpha value is -2.18. The van der Waals surface area contributed by atoms with Crippen LogP contribution >= 0.6 is 11.6 Å². The number of aromatic nitrogens is 2. The molecule has 1 amide bonds. The van der Waals surface area contributed by atoms with Crippen molar-refractivity contribution in [2.75, 3.05) is 20.3 Å². The van der Waals surface area contributed by atoms with E-state index in [-0.39, 0.29) is 17.9 Å². The van der Waals surface area contributed by atoms with E-state index in [9.17, 15) is 9.59 Å². The Bertz CT molecular complexity index is 698. The van der Waals surface area contributed by atoms with Crippen LogP contribution in [-0.2, 0) is 16.0 Å². The number of amides is 1. The van der Waals surface area contributed by atoms with Gasteiger partial charge in [-0.1, -0.05) is 11.6 Å². The highest BCUT2D eigenvalue weighted by Crippen LogP contribution is 2.16. The number of methoxy groups -OCH3 is 1. The second-order valence-corrected chi connectivity index (χ2v) is 5.05. The number of carbonyl (C=O) groups excluding carboxylic acids is 1. The third-order valence-electron chi connectivity index (χ3n) is 2.97. The number of hydrogen-bond donors (Lipinski definition) is 2. The van der Waals surface area contributed by atoms with Gasteiger partial charge in [-0.05, 0) is 24.3 Å². The summed E-state index contributed by atoms with van der Waals surface area (Å²) in [6.45, 7) is 0.833. The first-order valence-corrected chi connectivity index (χ1v) is 7.07. The third-order valence-corrected chi connectivity index (χ3v) is 3.22. The van der Waals surface area contributed by atoms with Crippen molar-refractivity contribution >= 4 is 17.5 Å². The highest BCUT2D eigenvalue weighted by molar-refractivity contribution is 6.30. The summed E-state index contributed by atoms with van der Waals surface area (Å²) < 4.78 is 4.83. The van der Waals surface area contributed by atoms with E-state index < -0.39 is 0 Å². The van der Waals surface area contributed by atoms with Crippen LogP contribution in [0.2, 0.25) is 5.02 Å². The topological polar surface area (TPSA) is 84.1 Å². The quantitative estimate of drug-likeness (QED) is 0.788. The van der Waals surface area contributed by atoms with Crippen LogP contribution < -0.4 is 10.9 Å². The molecule has 22 heavy (non-hydrogen) atoms. The lowest BCUT2D eigenvalue weighted by atomic mass is 10.2. The van der Waals surface area contributed by atoms with E-state index in [1.807, 2.05) is 0 Å². The van der Waals surface area contributed by atoms with E-state index in [2.05, 4.69) is 15.3 Å². The van der Waals surface area contributed by atoms with Gasteiger partial charge in [0.15, 0.2) is 0 Å². The van der Waals surface area contributed by atoms with Crippen LogP contribution in [0.4, 0.5) is 0 Å². The number of ether oxygens (including phenoxy) is 1. The SMILES string of the molecule is COCCNC(=O)Cc1cnc(-c2ccc(Cl)cc2)[nH]c1=O. The lowest BCUT2D eigenvalue weighted by Gasteiger charge is -2.05. The van der Waals surface area contributed by atoms with E-state index in [4.69, 9.17) is 16.3 Å². The Morgan fingerprint density at radius 1 is 1.36 bits per heavy atom. The Balaban J connectivity index is 2.08. The van der Waals surface area contributed by atoms with Gasteiger partial charge in [0.05, 0.1) is 13.0 Å². The molecule has 0 aliphatic heterocycles. The third kappa shape index (κ3) is 4.41. The maximum absolute atomic E-state index is 12.0. The average molecular weight is 322 g/mol. The molecular formula is C15H16ClN3O3. The molecule has 7 heteroatoms. The number of H-pyrrole nitrogens is 1. The molecule has 0 fully saturated rings. The predicted octanol–water partition coefficient (Wildman–Crippen LogP) is 1.40. The number of rotatable bonds is 6. The zero-order valence-electron chi connectivity index (χ0n) is 12.1. The van der Waals surface area contributed by atoms with E-state index >= 15 is 0 Å². The minimum absolute atomic E-state index is 0.0209. The minimum Gasteiger partial charge on any atom is -0.383 e. The van der Waals surface area contributed by atoms with Crippen molar-refractivity contribution < 1.29 is 9.53 Å². The predicted molar refractivity (Wildman–Crippen MR) is 83.9 cm³/mol. The molecule has 0 spiro atoms. The van der Waals surface area contributed by atoms with Gasteiger partial charge in [-0.3, -0.25) is 9.59 Å². The number of benzene rings is 1. The molecule has 2 aromatic rings. The van der Waals surface area contributed by atoms with Gasteiger partial charge in [0.2, 0.25) is 5.91 Å². The monoisotopic (exact) mass is 321 g/mol. The van der Waals surface area contributed by atoms with Crippen molar-refractivity contribution in [3.8, 4) is 11.4 Å². The van der Waals surface area contributed by atoms with Gasteiger partial charge in [-0.25, -0.2) is 4.98 Å². The van der Waals surface area contributed by atoms with Gasteiger partial charge in [0.25, 0.3) is 5.56 Å². The second kappa shape index (κ2) is 7.72. The smallest absolute Gasteiger partial charge is 0.254 e. The summed E-state index contributed by atoms with van der Waals surface area (Å²) in [5, 5.41) is 3.26. The summed E-state index contributed by atoms with van der Waals surface area (Å²) in [6, 6.07) is 6.96. The van der Waals surface area contributed by atoms with Gasteiger partial charge in [-0.2, -0.15) is 0 Å². The second-order valence-electron chi connectivity index (χ2n) is 4.61. The Kier molecular flexibility index (Phi) is 5.68. The van der Waals surface area contributed by atoms with Crippen molar-refractivity contribution in [2.24, 2.45) is 0 Å². The molecule has 0 aliphatic rings. The van der Waals surface area contributed by atoms with Crippen LogP contribution in [0.15, 0.2) is 35.3 Å². The van der Waals surface area contributed by atoms with E-state index in [0.29, 0.717) is 29.6 Å². The summed E-state index contributed by atoms with van der Waals surface area (Å²) in [5.41, 5.74) is 0.729. The number of halogens is 1. The lowest BCUT2D eigenvalue weighted by Crippen LogP contribution is -2.30. The fraction of sp³-hybridized carbons (Fsp3) is 0.267. The first-order chi connectivity index (χ1) is 10.6. The molecule has 0 bridgehead atoms. The first kappa shape index (κ1) is 16.2. The molecule has 0 saturated carbocycles. The molecule has 0 saturated heterocycles. The number of hydrogen-bond acceptors (Lipinski definition) is 4. The van der Waals surface area contributed by atoms with Crippen LogP contribution in [0.1, 0.15) is 5.56 Å². The maximum Gasteiger partial charge on any atom is 0.254 e. The molecular weight excluding hydrogens is 306 g/mol. The zero-order chi connectivity index (χ0) is 15.9. The van der Waals surface area contributed by atoms with Crippen molar-refractivity contribution in [2.45, 2.75) is 6.42 Å². The van der Waals surface area contributed by atoms with Gasteiger partial charge in [-0.15, -0.1) is 0 Å². The van der Waals surface area contributed by atoms with Gasteiger partial charge >= 0.3 is 0 Å². The first-order valence-electron chi connectivity index (χ1n) is 6.70. The standard InChI is InChI=1S/C15H16ClN3O3/c1-22-7-6-17-13(20)8-11-9-18-14(19-15(11)21)10-2-4-12(16)5-3-10/h2-5,9H,6-8H2,1H3,(H,17,20)(H,18,19,21). The van der Waals surface area contributed by atoms with E-state index in [1.54, 1.807) is 31.4 Å². The van der Waals surface area contributed by atoms with Crippen molar-refractivity contribution in [3.63, 3.8) is 0 Å². The molecule has 1 aromatic heterocycles. The molecule has 6 nitrogen and oxygen atoms in total. The molecule has 0 unspecified atom stereocenters. The largest absolute Gasteiger partial charge is 0.383 e. The number of aromatic amines is 1. The van der Waals surface area contributed by atoms with Gasteiger partial charge < -0.3 is 15.0 Å². The number of carbonyl (C=O) groups is 1. The summed E-state index contributed by atoms with van der Waals surface area (Å²) in [7, 11) is 1.55. The molecule has 0 aliphatic carbocycles. The summed E-state index contributed by atoms with van der Waals surface area (Å²) in [5.74, 6) is 0.189. The fourth-order valence-corrected chi connectivity index (χ4v) is 1.96. The van der Waals surface area contributed by atoms with Gasteiger partial charge in [0.1, 0.15) is 5.82 Å². The van der Waals surface area contributed by atoms with Crippen LogP contribution in [0.3, 0.4) is 0 Å². The Labute approximate surface area is 132 Å². The summed E-state index contributed by atoms with van der Waals surface area (Å²) >= 11 is 5.82. The highest BCUT2D eigenvalue weighted by Gasteiger charge is 2.09. The van der Waals surface area contributed by atoms with E-state index in [0.717, 1.165) is 5.56 Å². The molecule has 0 radical (unpaired) electrons. The van der Waals surface area contributed by atoms with Crippen molar-refractivity contribution in [1.29, 1.82) is 0 Å². The van der Waals surface area contributed by atoms with Crippen LogP contribution in [0, 0.1) is 0 Å². The fourth-order valence-electron chi connectivity index (χ4n) is 1.83. The van der Waals surface area contributed by atoms with E-state index in [1.165, 1.54) is 6.20 Å². The summed E-state index contributed by atoms with van der Waals surface area (Å²) in [6.07, 6.45) is 1.39. The molecule has 0 atom stereocenters. The molecule has 1 aromatic carbocycles. The molecule has 116 valence electrons. The maximum atomic E-state index is 12.0. The van der Waals surface area contributed by atoms with Crippen LogP contribution in [-0.4, -0.2) is 36.1 Å². The Morgan fingerprint density at radius 2 is 2.09 bits per heavy atom. The molecule has 2 rings (SSSR count). The number of nitrogens with one attached hydrogen (secondary N) is 2. The Morgan fingerprint density at radius 3 is 2.73 bits per heavy atom. The van der Waals surface area contributed by atoms with Crippen molar-refractivity contribution in [3.05, 3.63) is 51.4 Å².